The Morgan fingerprint density at radius 2 is 1.78 bits per heavy atom. The van der Waals surface area contributed by atoms with Crippen molar-refractivity contribution in [1.29, 1.82) is 0 Å². The van der Waals surface area contributed by atoms with Crippen molar-refractivity contribution in [2.75, 3.05) is 5.32 Å². The number of rotatable bonds is 5. The average molecular weight is 448 g/mol. The third-order valence-corrected chi connectivity index (χ3v) is 6.36. The number of nitrogens with one attached hydrogen (secondary N) is 1. The van der Waals surface area contributed by atoms with Crippen molar-refractivity contribution in [2.24, 2.45) is 0 Å². The molecular weight excluding hydrogens is 426 g/mol. The van der Waals surface area contributed by atoms with Gasteiger partial charge in [-0.2, -0.15) is 0 Å². The monoisotopic (exact) mass is 447 g/mol. The van der Waals surface area contributed by atoms with Gasteiger partial charge in [-0.15, -0.1) is 11.3 Å². The van der Waals surface area contributed by atoms with Gasteiger partial charge in [0.1, 0.15) is 17.2 Å². The summed E-state index contributed by atoms with van der Waals surface area (Å²) in [7, 11) is 0. The predicted molar refractivity (Wildman–Crippen MR) is 126 cm³/mol. The smallest absolute Gasteiger partial charge is 0.337 e. The zero-order valence-electron chi connectivity index (χ0n) is 17.8. The van der Waals surface area contributed by atoms with E-state index < -0.39 is 17.4 Å². The van der Waals surface area contributed by atoms with Crippen molar-refractivity contribution >= 4 is 39.1 Å². The van der Waals surface area contributed by atoms with E-state index in [-0.39, 0.29) is 17.5 Å². The van der Waals surface area contributed by atoms with Crippen molar-refractivity contribution in [3.8, 4) is 11.4 Å². The van der Waals surface area contributed by atoms with Crippen LogP contribution in [-0.4, -0.2) is 26.5 Å². The molecule has 2 heterocycles. The molecule has 0 saturated carbocycles. The summed E-state index contributed by atoms with van der Waals surface area (Å²) >= 11 is 1.10. The molecule has 2 aromatic carbocycles. The quantitative estimate of drug-likeness (QED) is 0.473. The number of aromatic carboxylic acids is 1. The highest BCUT2D eigenvalue weighted by molar-refractivity contribution is 7.17. The van der Waals surface area contributed by atoms with Crippen molar-refractivity contribution in [3.05, 3.63) is 80.5 Å². The zero-order chi connectivity index (χ0) is 23.0. The molecule has 8 heteroatoms. The number of carbonyl (C=O) groups is 2. The Balaban J connectivity index is 1.86. The fraction of sp³-hybridized carbons (Fsp3) is 0.167. The number of hydrogen-bond donors (Lipinski definition) is 2. The van der Waals surface area contributed by atoms with Gasteiger partial charge in [0.05, 0.1) is 10.9 Å². The van der Waals surface area contributed by atoms with E-state index in [0.29, 0.717) is 21.9 Å². The zero-order valence-corrected chi connectivity index (χ0v) is 18.6. The molecule has 2 N–H and O–H groups in total. The fourth-order valence-corrected chi connectivity index (χ4v) is 4.48. The minimum absolute atomic E-state index is 0.0133. The van der Waals surface area contributed by atoms with Gasteiger partial charge in [-0.05, 0) is 43.5 Å². The van der Waals surface area contributed by atoms with Crippen LogP contribution in [-0.2, 0) is 11.3 Å². The summed E-state index contributed by atoms with van der Waals surface area (Å²) in [6.07, 6.45) is 0. The molecule has 32 heavy (non-hydrogen) atoms. The second kappa shape index (κ2) is 8.39. The second-order valence-electron chi connectivity index (χ2n) is 7.57. The minimum atomic E-state index is -1.20. The van der Waals surface area contributed by atoms with Crippen LogP contribution in [0, 0.1) is 20.8 Å². The lowest BCUT2D eigenvalue weighted by Crippen LogP contribution is -2.30. The standard InChI is InChI=1S/C24H21N3O4S/c1-13-8-6-10-18(15(13)3)25-19(28)11-27-21(16-9-5-4-7-14(16)2)26-22-20(23(27)29)17(12-32-22)24(30)31/h4-10,12H,11H2,1-3H3,(H,25,28)(H,30,31). The lowest BCUT2D eigenvalue weighted by Gasteiger charge is -2.15. The third kappa shape index (κ3) is 3.80. The molecule has 7 nitrogen and oxygen atoms in total. The first-order valence-electron chi connectivity index (χ1n) is 9.95. The van der Waals surface area contributed by atoms with Crippen molar-refractivity contribution in [2.45, 2.75) is 27.3 Å². The molecule has 0 atom stereocenters. The number of hydrogen-bond acceptors (Lipinski definition) is 5. The van der Waals surface area contributed by atoms with Crippen LogP contribution in [0.15, 0.2) is 52.6 Å². The molecule has 4 aromatic rings. The fourth-order valence-electron chi connectivity index (χ4n) is 3.58. The molecule has 0 radical (unpaired) electrons. The maximum atomic E-state index is 13.4. The normalized spacial score (nSPS) is 11.0. The molecule has 2 aromatic heterocycles. The van der Waals surface area contributed by atoms with Crippen molar-refractivity contribution in [3.63, 3.8) is 0 Å². The van der Waals surface area contributed by atoms with Gasteiger partial charge in [-0.25, -0.2) is 9.78 Å². The van der Waals surface area contributed by atoms with Crippen molar-refractivity contribution in [1.82, 2.24) is 9.55 Å². The van der Waals surface area contributed by atoms with Crippen LogP contribution in [0.5, 0.6) is 0 Å². The maximum Gasteiger partial charge on any atom is 0.337 e. The summed E-state index contributed by atoms with van der Waals surface area (Å²) < 4.78 is 1.25. The van der Waals surface area contributed by atoms with Crippen LogP contribution in [0.2, 0.25) is 0 Å². The molecule has 4 rings (SSSR count). The van der Waals surface area contributed by atoms with Crippen LogP contribution in [0.1, 0.15) is 27.0 Å². The van der Waals surface area contributed by atoms with Crippen LogP contribution in [0.4, 0.5) is 5.69 Å². The van der Waals surface area contributed by atoms with Gasteiger partial charge in [0.2, 0.25) is 5.91 Å². The number of amides is 1. The number of carboxylic acid groups (broad SMARTS) is 1. The second-order valence-corrected chi connectivity index (χ2v) is 8.43. The number of carbonyl (C=O) groups excluding carboxylic acids is 1. The molecule has 0 spiro atoms. The van der Waals surface area contributed by atoms with E-state index in [1.165, 1.54) is 9.95 Å². The van der Waals surface area contributed by atoms with Crippen LogP contribution in [0.25, 0.3) is 21.6 Å². The maximum absolute atomic E-state index is 13.4. The number of aryl methyl sites for hydroxylation is 2. The number of benzene rings is 2. The van der Waals surface area contributed by atoms with Crippen LogP contribution in [0.3, 0.4) is 0 Å². The lowest BCUT2D eigenvalue weighted by atomic mass is 10.1. The Morgan fingerprint density at radius 1 is 1.06 bits per heavy atom. The first-order valence-corrected chi connectivity index (χ1v) is 10.8. The van der Waals surface area contributed by atoms with Gasteiger partial charge in [0.25, 0.3) is 5.56 Å². The average Bonchev–Trinajstić information content (AvgIpc) is 3.18. The van der Waals surface area contributed by atoms with Gasteiger partial charge in [-0.3, -0.25) is 14.2 Å². The Labute approximate surface area is 188 Å². The van der Waals surface area contributed by atoms with Gasteiger partial charge >= 0.3 is 5.97 Å². The van der Waals surface area contributed by atoms with E-state index in [1.807, 2.05) is 57.2 Å². The predicted octanol–water partition coefficient (Wildman–Crippen LogP) is 4.39. The highest BCUT2D eigenvalue weighted by Crippen LogP contribution is 2.27. The summed E-state index contributed by atoms with van der Waals surface area (Å²) in [5.74, 6) is -1.27. The summed E-state index contributed by atoms with van der Waals surface area (Å²) in [4.78, 5) is 42.9. The molecule has 0 aliphatic carbocycles. The molecule has 162 valence electrons. The number of thiophene rings is 1. The summed E-state index contributed by atoms with van der Waals surface area (Å²) in [6, 6.07) is 13.0. The Bertz CT molecular complexity index is 1440. The third-order valence-electron chi connectivity index (χ3n) is 5.49. The number of carboxylic acids is 1. The van der Waals surface area contributed by atoms with Gasteiger partial charge < -0.3 is 10.4 Å². The van der Waals surface area contributed by atoms with E-state index in [2.05, 4.69) is 10.3 Å². The SMILES string of the molecule is Cc1ccccc1-c1nc2scc(C(=O)O)c2c(=O)n1CC(=O)Nc1cccc(C)c1C. The van der Waals surface area contributed by atoms with E-state index in [0.717, 1.165) is 28.0 Å². The van der Waals surface area contributed by atoms with Crippen molar-refractivity contribution < 1.29 is 14.7 Å². The van der Waals surface area contributed by atoms with E-state index in [1.54, 1.807) is 6.07 Å². The number of anilines is 1. The van der Waals surface area contributed by atoms with Crippen LogP contribution < -0.4 is 10.9 Å². The number of fused-ring (bicyclic) bond motifs is 1. The Morgan fingerprint density at radius 3 is 2.50 bits per heavy atom. The Hall–Kier alpha value is -3.78. The summed E-state index contributed by atoms with van der Waals surface area (Å²) in [5.41, 5.74) is 3.57. The molecule has 0 unspecified atom stereocenters. The topological polar surface area (TPSA) is 101 Å². The molecule has 0 bridgehead atoms. The first-order chi connectivity index (χ1) is 15.3. The van der Waals surface area contributed by atoms with E-state index in [9.17, 15) is 19.5 Å². The summed E-state index contributed by atoms with van der Waals surface area (Å²) in [6.45, 7) is 5.46. The van der Waals surface area contributed by atoms with E-state index >= 15 is 0 Å². The van der Waals surface area contributed by atoms with Gasteiger partial charge in [-0.1, -0.05) is 36.4 Å². The summed E-state index contributed by atoms with van der Waals surface area (Å²) in [5, 5.41) is 13.8. The number of nitrogens with zero attached hydrogens (tertiary/aromatic N) is 2. The first kappa shape index (κ1) is 21.5. The molecule has 0 aliphatic heterocycles. The molecule has 1 amide bonds. The molecular formula is C24H21N3O4S. The largest absolute Gasteiger partial charge is 0.478 e. The van der Waals surface area contributed by atoms with Gasteiger partial charge in [0.15, 0.2) is 0 Å². The minimum Gasteiger partial charge on any atom is -0.478 e. The number of aromatic nitrogens is 2. The highest BCUT2D eigenvalue weighted by atomic mass is 32.1. The molecule has 0 saturated heterocycles. The molecule has 0 fully saturated rings. The van der Waals surface area contributed by atoms with Gasteiger partial charge in [0, 0.05) is 16.6 Å². The lowest BCUT2D eigenvalue weighted by molar-refractivity contribution is -0.116. The van der Waals surface area contributed by atoms with Crippen LogP contribution >= 0.6 is 11.3 Å². The van der Waals surface area contributed by atoms with E-state index in [4.69, 9.17) is 0 Å². The molecule has 0 aliphatic rings. The highest BCUT2D eigenvalue weighted by Gasteiger charge is 2.22. The Kier molecular flexibility index (Phi) is 5.63.